The van der Waals surface area contributed by atoms with Gasteiger partial charge in [0.2, 0.25) is 0 Å². The molecule has 0 saturated carbocycles. The zero-order valence-corrected chi connectivity index (χ0v) is 13.8. The van der Waals surface area contributed by atoms with Crippen LogP contribution >= 0.6 is 22.6 Å². The molecule has 2 aromatic rings. The van der Waals surface area contributed by atoms with Crippen molar-refractivity contribution in [2.45, 2.75) is 6.92 Å². The molecule has 108 valence electrons. The number of nitrogens with one attached hydrogen (secondary N) is 1. The summed E-state index contributed by atoms with van der Waals surface area (Å²) in [7, 11) is 1.33. The molecule has 0 aliphatic rings. The number of benzene rings is 2. The number of carbonyl (C=O) groups is 2. The van der Waals surface area contributed by atoms with Crippen LogP contribution in [0.4, 0.5) is 5.69 Å². The molecule has 0 saturated heterocycles. The highest BCUT2D eigenvalue weighted by Gasteiger charge is 2.11. The molecule has 0 unspecified atom stereocenters. The predicted molar refractivity (Wildman–Crippen MR) is 89.6 cm³/mol. The van der Waals surface area contributed by atoms with Crippen molar-refractivity contribution in [2.75, 3.05) is 12.4 Å². The van der Waals surface area contributed by atoms with Crippen LogP contribution in [0.1, 0.15) is 26.3 Å². The molecule has 0 bridgehead atoms. The summed E-state index contributed by atoms with van der Waals surface area (Å²) in [6, 6.07) is 12.2. The van der Waals surface area contributed by atoms with Gasteiger partial charge in [0.05, 0.1) is 18.2 Å². The van der Waals surface area contributed by atoms with E-state index < -0.39 is 5.97 Å². The number of rotatable bonds is 3. The molecule has 0 radical (unpaired) electrons. The van der Waals surface area contributed by atoms with E-state index in [9.17, 15) is 9.59 Å². The Morgan fingerprint density at radius 2 is 1.76 bits per heavy atom. The second-order valence-corrected chi connectivity index (χ2v) is 5.67. The molecule has 0 fully saturated rings. The minimum Gasteiger partial charge on any atom is -0.465 e. The summed E-state index contributed by atoms with van der Waals surface area (Å²) >= 11 is 2.14. The molecule has 0 spiro atoms. The van der Waals surface area contributed by atoms with Crippen molar-refractivity contribution < 1.29 is 14.3 Å². The van der Waals surface area contributed by atoms with Crippen LogP contribution in [0.2, 0.25) is 0 Å². The zero-order chi connectivity index (χ0) is 15.4. The Kier molecular flexibility index (Phi) is 4.95. The summed E-state index contributed by atoms with van der Waals surface area (Å²) < 4.78 is 5.53. The van der Waals surface area contributed by atoms with E-state index in [0.717, 1.165) is 9.13 Å². The van der Waals surface area contributed by atoms with E-state index in [2.05, 4.69) is 32.6 Å². The monoisotopic (exact) mass is 395 g/mol. The summed E-state index contributed by atoms with van der Waals surface area (Å²) in [5.74, 6) is -0.578. The smallest absolute Gasteiger partial charge is 0.337 e. The molecule has 0 aromatic heterocycles. The molecular formula is C16H14INO3. The molecule has 0 atom stereocenters. The van der Waals surface area contributed by atoms with E-state index in [1.807, 2.05) is 19.1 Å². The molecule has 2 aromatic carbocycles. The van der Waals surface area contributed by atoms with Crippen LogP contribution in [-0.4, -0.2) is 19.0 Å². The average molecular weight is 395 g/mol. The lowest BCUT2D eigenvalue weighted by atomic mass is 10.1. The molecular weight excluding hydrogens is 381 g/mol. The number of hydrogen-bond donors (Lipinski definition) is 1. The number of methoxy groups -OCH3 is 1. The number of hydrogen-bond acceptors (Lipinski definition) is 3. The largest absolute Gasteiger partial charge is 0.465 e. The Hall–Kier alpha value is -1.89. The highest BCUT2D eigenvalue weighted by molar-refractivity contribution is 14.1. The van der Waals surface area contributed by atoms with Gasteiger partial charge in [0.25, 0.3) is 5.91 Å². The van der Waals surface area contributed by atoms with Crippen LogP contribution in [-0.2, 0) is 4.74 Å². The second-order valence-electron chi connectivity index (χ2n) is 4.51. The fourth-order valence-electron chi connectivity index (χ4n) is 1.81. The van der Waals surface area contributed by atoms with E-state index in [0.29, 0.717) is 16.8 Å². The van der Waals surface area contributed by atoms with E-state index in [4.69, 9.17) is 0 Å². The van der Waals surface area contributed by atoms with Gasteiger partial charge in [-0.1, -0.05) is 11.6 Å². The van der Waals surface area contributed by atoms with Crippen molar-refractivity contribution in [3.8, 4) is 0 Å². The van der Waals surface area contributed by atoms with E-state index in [1.54, 1.807) is 30.3 Å². The van der Waals surface area contributed by atoms with Crippen molar-refractivity contribution in [3.63, 3.8) is 0 Å². The third kappa shape index (κ3) is 3.81. The standard InChI is InChI=1S/C16H14INO3/c1-10-3-8-13(14(17)9-10)15(19)18-12-6-4-11(5-7-12)16(20)21-2/h3-9H,1-2H3,(H,18,19). The number of halogens is 1. The SMILES string of the molecule is COC(=O)c1ccc(NC(=O)c2ccc(C)cc2I)cc1. The number of aryl methyl sites for hydroxylation is 1. The summed E-state index contributed by atoms with van der Waals surface area (Å²) in [6.45, 7) is 1.98. The quantitative estimate of drug-likeness (QED) is 0.638. The van der Waals surface area contributed by atoms with E-state index in [1.165, 1.54) is 7.11 Å². The second kappa shape index (κ2) is 6.71. The van der Waals surface area contributed by atoms with Crippen molar-refractivity contribution in [1.29, 1.82) is 0 Å². The van der Waals surface area contributed by atoms with Crippen molar-refractivity contribution >= 4 is 40.2 Å². The van der Waals surface area contributed by atoms with Crippen LogP contribution in [0, 0.1) is 10.5 Å². The summed E-state index contributed by atoms with van der Waals surface area (Å²) in [4.78, 5) is 23.5. The lowest BCUT2D eigenvalue weighted by molar-refractivity contribution is 0.0600. The molecule has 0 heterocycles. The minimum absolute atomic E-state index is 0.176. The fourth-order valence-corrected chi connectivity index (χ4v) is 2.73. The lowest BCUT2D eigenvalue weighted by Gasteiger charge is -2.08. The number of esters is 1. The Morgan fingerprint density at radius 1 is 1.10 bits per heavy atom. The van der Waals surface area contributed by atoms with Crippen LogP contribution in [0.3, 0.4) is 0 Å². The summed E-state index contributed by atoms with van der Waals surface area (Å²) in [5, 5.41) is 2.81. The predicted octanol–water partition coefficient (Wildman–Crippen LogP) is 3.64. The first-order valence-electron chi connectivity index (χ1n) is 6.27. The summed E-state index contributed by atoms with van der Waals surface area (Å²) in [5.41, 5.74) is 2.81. The average Bonchev–Trinajstić information content (AvgIpc) is 2.47. The van der Waals surface area contributed by atoms with Gasteiger partial charge in [-0.15, -0.1) is 0 Å². The Labute approximate surface area is 136 Å². The van der Waals surface area contributed by atoms with Gasteiger partial charge in [-0.3, -0.25) is 4.79 Å². The molecule has 1 N–H and O–H groups in total. The molecule has 2 rings (SSSR count). The normalized spacial score (nSPS) is 10.0. The molecule has 1 amide bonds. The van der Waals surface area contributed by atoms with Gasteiger partial charge in [-0.25, -0.2) is 4.79 Å². The zero-order valence-electron chi connectivity index (χ0n) is 11.6. The van der Waals surface area contributed by atoms with Crippen molar-refractivity contribution in [3.05, 3.63) is 62.7 Å². The maximum absolute atomic E-state index is 12.2. The van der Waals surface area contributed by atoms with Gasteiger partial charge >= 0.3 is 5.97 Å². The molecule has 4 nitrogen and oxygen atoms in total. The third-order valence-corrected chi connectivity index (χ3v) is 3.83. The number of carbonyl (C=O) groups excluding carboxylic acids is 2. The summed E-state index contributed by atoms with van der Waals surface area (Å²) in [6.07, 6.45) is 0. The molecule has 0 aliphatic carbocycles. The first-order valence-corrected chi connectivity index (χ1v) is 7.35. The Bertz CT molecular complexity index is 680. The van der Waals surface area contributed by atoms with Gasteiger partial charge in [-0.05, 0) is 65.9 Å². The van der Waals surface area contributed by atoms with E-state index in [-0.39, 0.29) is 5.91 Å². The molecule has 21 heavy (non-hydrogen) atoms. The van der Waals surface area contributed by atoms with Gasteiger partial charge in [-0.2, -0.15) is 0 Å². The topological polar surface area (TPSA) is 55.4 Å². The fraction of sp³-hybridized carbons (Fsp3) is 0.125. The minimum atomic E-state index is -0.402. The molecule has 5 heteroatoms. The Morgan fingerprint density at radius 3 is 2.33 bits per heavy atom. The molecule has 0 aliphatic heterocycles. The van der Waals surface area contributed by atoms with Crippen LogP contribution in [0.15, 0.2) is 42.5 Å². The lowest BCUT2D eigenvalue weighted by Crippen LogP contribution is -2.13. The van der Waals surface area contributed by atoms with Crippen molar-refractivity contribution in [1.82, 2.24) is 0 Å². The van der Waals surface area contributed by atoms with Gasteiger partial charge in [0, 0.05) is 9.26 Å². The number of amides is 1. The van der Waals surface area contributed by atoms with Gasteiger partial charge < -0.3 is 10.1 Å². The number of anilines is 1. The van der Waals surface area contributed by atoms with Gasteiger partial charge in [0.15, 0.2) is 0 Å². The highest BCUT2D eigenvalue weighted by Crippen LogP contribution is 2.17. The third-order valence-electron chi connectivity index (χ3n) is 2.93. The maximum Gasteiger partial charge on any atom is 0.337 e. The highest BCUT2D eigenvalue weighted by atomic mass is 127. The van der Waals surface area contributed by atoms with E-state index >= 15 is 0 Å². The first-order chi connectivity index (χ1) is 10.0. The van der Waals surface area contributed by atoms with Gasteiger partial charge in [0.1, 0.15) is 0 Å². The van der Waals surface area contributed by atoms with Crippen LogP contribution in [0.25, 0.3) is 0 Å². The van der Waals surface area contributed by atoms with Crippen LogP contribution < -0.4 is 5.32 Å². The maximum atomic E-state index is 12.2. The number of ether oxygens (including phenoxy) is 1. The van der Waals surface area contributed by atoms with Crippen LogP contribution in [0.5, 0.6) is 0 Å². The first kappa shape index (κ1) is 15.5. The Balaban J connectivity index is 2.14. The van der Waals surface area contributed by atoms with Crippen molar-refractivity contribution in [2.24, 2.45) is 0 Å².